The van der Waals surface area contributed by atoms with Crippen LogP contribution in [0.3, 0.4) is 0 Å². The molecule has 0 aliphatic rings. The molecule has 2 rings (SSSR count). The molecule has 1 aromatic heterocycles. The zero-order valence-corrected chi connectivity index (χ0v) is 12.0. The van der Waals surface area contributed by atoms with Crippen molar-refractivity contribution in [1.82, 2.24) is 4.98 Å². The Morgan fingerprint density at radius 3 is 2.65 bits per heavy atom. The van der Waals surface area contributed by atoms with Crippen molar-refractivity contribution in [3.05, 3.63) is 34.9 Å². The van der Waals surface area contributed by atoms with Gasteiger partial charge in [0.05, 0.1) is 0 Å². The van der Waals surface area contributed by atoms with Crippen LogP contribution in [0, 0.1) is 5.41 Å². The normalized spacial score (nSPS) is 11.8. The van der Waals surface area contributed by atoms with Crippen LogP contribution in [-0.4, -0.2) is 11.5 Å². The van der Waals surface area contributed by atoms with Crippen molar-refractivity contribution >= 4 is 32.5 Å². The lowest BCUT2D eigenvalue weighted by Crippen LogP contribution is -2.19. The molecular weight excluding hydrogens is 276 g/mol. The highest BCUT2D eigenvalue weighted by Crippen LogP contribution is 2.28. The SMILES string of the molecule is CC(C)(C)CNc1nccc2c(Br)cccc12. The maximum absolute atomic E-state index is 4.42. The maximum atomic E-state index is 4.42. The summed E-state index contributed by atoms with van der Waals surface area (Å²) < 4.78 is 1.11. The van der Waals surface area contributed by atoms with E-state index >= 15 is 0 Å². The van der Waals surface area contributed by atoms with E-state index in [9.17, 15) is 0 Å². The van der Waals surface area contributed by atoms with Gasteiger partial charge in [-0.1, -0.05) is 48.8 Å². The molecular formula is C14H17BrN2. The Morgan fingerprint density at radius 2 is 1.94 bits per heavy atom. The fourth-order valence-corrected chi connectivity index (χ4v) is 2.16. The highest BCUT2D eigenvalue weighted by atomic mass is 79.9. The van der Waals surface area contributed by atoms with Gasteiger partial charge >= 0.3 is 0 Å². The van der Waals surface area contributed by atoms with E-state index < -0.39 is 0 Å². The van der Waals surface area contributed by atoms with Crippen LogP contribution >= 0.6 is 15.9 Å². The van der Waals surface area contributed by atoms with E-state index in [1.54, 1.807) is 0 Å². The van der Waals surface area contributed by atoms with Gasteiger partial charge in [0.1, 0.15) is 5.82 Å². The summed E-state index contributed by atoms with van der Waals surface area (Å²) in [5, 5.41) is 5.77. The molecule has 0 fully saturated rings. The third-order valence-corrected chi connectivity index (χ3v) is 3.23. The van der Waals surface area contributed by atoms with E-state index in [1.165, 1.54) is 5.39 Å². The lowest BCUT2D eigenvalue weighted by Gasteiger charge is -2.19. The van der Waals surface area contributed by atoms with E-state index in [2.05, 4.69) is 59.1 Å². The molecule has 1 heterocycles. The average Bonchev–Trinajstić information content (AvgIpc) is 2.26. The van der Waals surface area contributed by atoms with Crippen molar-refractivity contribution in [3.8, 4) is 0 Å². The first-order chi connectivity index (χ1) is 7.97. The third kappa shape index (κ3) is 2.97. The van der Waals surface area contributed by atoms with E-state index in [-0.39, 0.29) is 5.41 Å². The van der Waals surface area contributed by atoms with Crippen LogP contribution in [0.25, 0.3) is 10.8 Å². The Kier molecular flexibility index (Phi) is 3.38. The average molecular weight is 293 g/mol. The molecule has 3 heteroatoms. The number of nitrogens with one attached hydrogen (secondary N) is 1. The van der Waals surface area contributed by atoms with Gasteiger partial charge in [-0.3, -0.25) is 0 Å². The summed E-state index contributed by atoms with van der Waals surface area (Å²) in [4.78, 5) is 4.42. The first-order valence-corrected chi connectivity index (χ1v) is 6.54. The molecule has 0 bridgehead atoms. The topological polar surface area (TPSA) is 24.9 Å². The molecule has 0 spiro atoms. The van der Waals surface area contributed by atoms with Crippen molar-refractivity contribution < 1.29 is 0 Å². The second-order valence-electron chi connectivity index (χ2n) is 5.41. The van der Waals surface area contributed by atoms with E-state index in [0.717, 1.165) is 22.2 Å². The number of anilines is 1. The van der Waals surface area contributed by atoms with Crippen LogP contribution in [-0.2, 0) is 0 Å². The van der Waals surface area contributed by atoms with Gasteiger partial charge in [-0.25, -0.2) is 4.98 Å². The molecule has 0 aliphatic heterocycles. The van der Waals surface area contributed by atoms with Crippen LogP contribution in [0.1, 0.15) is 20.8 Å². The van der Waals surface area contributed by atoms with E-state index in [0.29, 0.717) is 0 Å². The van der Waals surface area contributed by atoms with Gasteiger partial charge < -0.3 is 5.32 Å². The molecule has 2 aromatic rings. The standard InChI is InChI=1S/C14H17BrN2/c1-14(2,3)9-17-13-11-5-4-6-12(15)10(11)7-8-16-13/h4-8H,9H2,1-3H3,(H,16,17). The lowest BCUT2D eigenvalue weighted by molar-refractivity contribution is 0.442. The highest BCUT2D eigenvalue weighted by Gasteiger charge is 2.11. The predicted molar refractivity (Wildman–Crippen MR) is 77.4 cm³/mol. The summed E-state index contributed by atoms with van der Waals surface area (Å²) in [5.41, 5.74) is 0.246. The summed E-state index contributed by atoms with van der Waals surface area (Å²) in [6, 6.07) is 8.21. The Morgan fingerprint density at radius 1 is 1.18 bits per heavy atom. The van der Waals surface area contributed by atoms with Gasteiger partial charge in [-0.15, -0.1) is 0 Å². The monoisotopic (exact) mass is 292 g/mol. The minimum absolute atomic E-state index is 0.246. The first-order valence-electron chi connectivity index (χ1n) is 5.74. The molecule has 0 unspecified atom stereocenters. The maximum Gasteiger partial charge on any atom is 0.133 e. The summed E-state index contributed by atoms with van der Waals surface area (Å²) in [7, 11) is 0. The summed E-state index contributed by atoms with van der Waals surface area (Å²) in [6.45, 7) is 7.54. The lowest BCUT2D eigenvalue weighted by atomic mass is 9.97. The Hall–Kier alpha value is -1.09. The fraction of sp³-hybridized carbons (Fsp3) is 0.357. The van der Waals surface area contributed by atoms with Crippen molar-refractivity contribution in [2.45, 2.75) is 20.8 Å². The number of aromatic nitrogens is 1. The number of nitrogens with zero attached hydrogens (tertiary/aromatic N) is 1. The Labute approximate surface area is 111 Å². The number of halogens is 1. The van der Waals surface area contributed by atoms with Crippen LogP contribution < -0.4 is 5.32 Å². The zero-order chi connectivity index (χ0) is 12.5. The fourth-order valence-electron chi connectivity index (χ4n) is 1.66. The number of fused-ring (bicyclic) bond motifs is 1. The van der Waals surface area contributed by atoms with Crippen molar-refractivity contribution in [3.63, 3.8) is 0 Å². The highest BCUT2D eigenvalue weighted by molar-refractivity contribution is 9.10. The second kappa shape index (κ2) is 4.65. The largest absolute Gasteiger partial charge is 0.369 e. The summed E-state index contributed by atoms with van der Waals surface area (Å²) in [6.07, 6.45) is 1.85. The molecule has 1 N–H and O–H groups in total. The van der Waals surface area contributed by atoms with Gasteiger partial charge in [0, 0.05) is 28.0 Å². The number of pyridine rings is 1. The van der Waals surface area contributed by atoms with Crippen LogP contribution in [0.5, 0.6) is 0 Å². The van der Waals surface area contributed by atoms with Gasteiger partial charge in [0.2, 0.25) is 0 Å². The smallest absolute Gasteiger partial charge is 0.133 e. The van der Waals surface area contributed by atoms with Crippen molar-refractivity contribution in [1.29, 1.82) is 0 Å². The van der Waals surface area contributed by atoms with Crippen molar-refractivity contribution in [2.24, 2.45) is 5.41 Å². The molecule has 2 nitrogen and oxygen atoms in total. The quantitative estimate of drug-likeness (QED) is 0.884. The molecule has 90 valence electrons. The second-order valence-corrected chi connectivity index (χ2v) is 6.26. The van der Waals surface area contributed by atoms with Gasteiger partial charge in [0.25, 0.3) is 0 Å². The number of hydrogen-bond donors (Lipinski definition) is 1. The molecule has 0 atom stereocenters. The minimum Gasteiger partial charge on any atom is -0.369 e. The molecule has 17 heavy (non-hydrogen) atoms. The zero-order valence-electron chi connectivity index (χ0n) is 10.4. The van der Waals surface area contributed by atoms with Crippen LogP contribution in [0.15, 0.2) is 34.9 Å². The van der Waals surface area contributed by atoms with Crippen molar-refractivity contribution in [2.75, 3.05) is 11.9 Å². The number of benzene rings is 1. The summed E-state index contributed by atoms with van der Waals surface area (Å²) >= 11 is 3.57. The number of hydrogen-bond acceptors (Lipinski definition) is 2. The molecule has 1 aromatic carbocycles. The number of rotatable bonds is 2. The van der Waals surface area contributed by atoms with E-state index in [1.807, 2.05) is 18.3 Å². The first kappa shape index (κ1) is 12.4. The van der Waals surface area contributed by atoms with Crippen LogP contribution in [0.4, 0.5) is 5.82 Å². The molecule has 0 aliphatic carbocycles. The van der Waals surface area contributed by atoms with Crippen LogP contribution in [0.2, 0.25) is 0 Å². The van der Waals surface area contributed by atoms with E-state index in [4.69, 9.17) is 0 Å². The molecule has 0 saturated carbocycles. The minimum atomic E-state index is 0.246. The molecule has 0 amide bonds. The Bertz CT molecular complexity index is 529. The summed E-state index contributed by atoms with van der Waals surface area (Å²) in [5.74, 6) is 0.957. The predicted octanol–water partition coefficient (Wildman–Crippen LogP) is 4.46. The Balaban J connectivity index is 2.38. The van der Waals surface area contributed by atoms with Gasteiger partial charge in [-0.05, 0) is 17.5 Å². The third-order valence-electron chi connectivity index (χ3n) is 2.54. The van der Waals surface area contributed by atoms with Gasteiger partial charge in [-0.2, -0.15) is 0 Å². The van der Waals surface area contributed by atoms with Gasteiger partial charge in [0.15, 0.2) is 0 Å². The molecule has 0 radical (unpaired) electrons. The molecule has 0 saturated heterocycles.